The minimum absolute atomic E-state index is 0. The van der Waals surface area contributed by atoms with E-state index in [2.05, 4.69) is 10.2 Å². The van der Waals surface area contributed by atoms with E-state index in [9.17, 15) is 4.79 Å². The number of carbonyl (C=O) groups is 1. The van der Waals surface area contributed by atoms with Crippen LogP contribution in [0.3, 0.4) is 0 Å². The van der Waals surface area contributed by atoms with Gasteiger partial charge < -0.3 is 17.7 Å². The Balaban J connectivity index is 0.00000128. The summed E-state index contributed by atoms with van der Waals surface area (Å²) in [5.74, 6) is 0. The van der Waals surface area contributed by atoms with E-state index in [0.717, 1.165) is 44.6 Å². The third kappa shape index (κ3) is 3.59. The Hall–Kier alpha value is -0.900. The summed E-state index contributed by atoms with van der Waals surface area (Å²) in [7, 11) is 0. The maximum Gasteiger partial charge on any atom is 1.00 e. The van der Waals surface area contributed by atoms with E-state index >= 15 is 0 Å². The lowest BCUT2D eigenvalue weighted by Gasteiger charge is -2.27. The van der Waals surface area contributed by atoms with Crippen molar-refractivity contribution in [2.45, 2.75) is 6.54 Å². The summed E-state index contributed by atoms with van der Waals surface area (Å²) in [6, 6.07) is 7.83. The number of nitrogens with zero attached hydrogens (tertiary/aromatic N) is 1. The second kappa shape index (κ2) is 6.63. The minimum Gasteiger partial charge on any atom is -1.00 e. The molecule has 3 nitrogen and oxygen atoms in total. The van der Waals surface area contributed by atoms with Gasteiger partial charge in [0, 0.05) is 38.3 Å². The molecular formula is C12H17ClN2O. The predicted molar refractivity (Wildman–Crippen MR) is 61.1 cm³/mol. The molecule has 0 bridgehead atoms. The largest absolute Gasteiger partial charge is 1.00 e. The zero-order valence-corrected chi connectivity index (χ0v) is 9.91. The van der Waals surface area contributed by atoms with Crippen LogP contribution in [0, 0.1) is 0 Å². The van der Waals surface area contributed by atoms with Crippen LogP contribution in [0.5, 0.6) is 0 Å². The van der Waals surface area contributed by atoms with Crippen molar-refractivity contribution in [2.75, 3.05) is 26.2 Å². The SMILES string of the molecule is O=Cc1ccc(CN2CCNCC2)cc1.[Cl-].[H+]. The number of rotatable bonds is 3. The highest BCUT2D eigenvalue weighted by Gasteiger charge is 2.09. The predicted octanol–water partition coefficient (Wildman–Crippen LogP) is -1.98. The molecule has 0 radical (unpaired) electrons. The van der Waals surface area contributed by atoms with Gasteiger partial charge >= 0.3 is 1.43 Å². The number of piperazine rings is 1. The Morgan fingerprint density at radius 1 is 1.25 bits per heavy atom. The number of benzene rings is 1. The maximum atomic E-state index is 10.5. The topological polar surface area (TPSA) is 32.3 Å². The van der Waals surface area contributed by atoms with Gasteiger partial charge in [-0.3, -0.25) is 9.69 Å². The number of hydrogen-bond donors (Lipinski definition) is 1. The molecular weight excluding hydrogens is 224 g/mol. The first-order valence-electron chi connectivity index (χ1n) is 5.36. The van der Waals surface area contributed by atoms with E-state index in [1.54, 1.807) is 0 Å². The van der Waals surface area contributed by atoms with Gasteiger partial charge in [-0.25, -0.2) is 0 Å². The normalized spacial score (nSPS) is 16.5. The number of aldehydes is 1. The standard InChI is InChI=1S/C12H16N2O.ClH/c15-10-12-3-1-11(2-4-12)9-14-7-5-13-6-8-14;/h1-4,10,13H,5-9H2;1H. The molecule has 0 saturated carbocycles. The summed E-state index contributed by atoms with van der Waals surface area (Å²) in [5, 5.41) is 3.33. The Labute approximate surface area is 104 Å². The number of halogens is 1. The highest BCUT2D eigenvalue weighted by molar-refractivity contribution is 5.74. The lowest BCUT2D eigenvalue weighted by atomic mass is 10.1. The van der Waals surface area contributed by atoms with Crippen molar-refractivity contribution in [3.8, 4) is 0 Å². The van der Waals surface area contributed by atoms with E-state index in [-0.39, 0.29) is 13.8 Å². The molecule has 2 rings (SSSR count). The van der Waals surface area contributed by atoms with E-state index in [1.165, 1.54) is 5.56 Å². The molecule has 1 aromatic rings. The van der Waals surface area contributed by atoms with Crippen LogP contribution in [0.2, 0.25) is 0 Å². The van der Waals surface area contributed by atoms with E-state index in [4.69, 9.17) is 0 Å². The first-order valence-corrected chi connectivity index (χ1v) is 5.36. The fraction of sp³-hybridized carbons (Fsp3) is 0.417. The molecule has 0 unspecified atom stereocenters. The quantitative estimate of drug-likeness (QED) is 0.622. The fourth-order valence-electron chi connectivity index (χ4n) is 1.83. The molecule has 1 saturated heterocycles. The van der Waals surface area contributed by atoms with E-state index in [1.807, 2.05) is 24.3 Å². The van der Waals surface area contributed by atoms with Crippen LogP contribution in [-0.2, 0) is 6.54 Å². The molecule has 16 heavy (non-hydrogen) atoms. The third-order valence-corrected chi connectivity index (χ3v) is 2.73. The molecule has 1 fully saturated rings. The van der Waals surface area contributed by atoms with Gasteiger partial charge in [-0.15, -0.1) is 0 Å². The summed E-state index contributed by atoms with van der Waals surface area (Å²) in [4.78, 5) is 12.9. The Morgan fingerprint density at radius 2 is 1.88 bits per heavy atom. The monoisotopic (exact) mass is 240 g/mol. The van der Waals surface area contributed by atoms with Crippen LogP contribution in [0.25, 0.3) is 0 Å². The van der Waals surface area contributed by atoms with Crippen LogP contribution >= 0.6 is 0 Å². The molecule has 1 aliphatic rings. The van der Waals surface area contributed by atoms with Crippen molar-refractivity contribution in [2.24, 2.45) is 0 Å². The lowest BCUT2D eigenvalue weighted by Crippen LogP contribution is -3.00. The molecule has 1 N–H and O–H groups in total. The molecule has 0 spiro atoms. The average Bonchev–Trinajstić information content (AvgIpc) is 2.31. The first kappa shape index (κ1) is 13.2. The summed E-state index contributed by atoms with van der Waals surface area (Å²) in [6.07, 6.45) is 0.884. The maximum absolute atomic E-state index is 10.5. The summed E-state index contributed by atoms with van der Waals surface area (Å²) in [5.41, 5.74) is 2.03. The number of hydrogen-bond acceptors (Lipinski definition) is 3. The zero-order chi connectivity index (χ0) is 10.5. The summed E-state index contributed by atoms with van der Waals surface area (Å²) < 4.78 is 0. The van der Waals surface area contributed by atoms with Crippen LogP contribution in [0.4, 0.5) is 0 Å². The molecule has 4 heteroatoms. The molecule has 1 heterocycles. The Bertz CT molecular complexity index is 326. The fourth-order valence-corrected chi connectivity index (χ4v) is 1.83. The summed E-state index contributed by atoms with van der Waals surface area (Å²) in [6.45, 7) is 5.35. The van der Waals surface area contributed by atoms with Gasteiger partial charge in [0.2, 0.25) is 0 Å². The van der Waals surface area contributed by atoms with Crippen molar-refractivity contribution in [1.82, 2.24) is 10.2 Å². The second-order valence-corrected chi connectivity index (χ2v) is 3.89. The minimum atomic E-state index is 0. The van der Waals surface area contributed by atoms with Gasteiger partial charge in [-0.05, 0) is 5.56 Å². The Morgan fingerprint density at radius 3 is 2.44 bits per heavy atom. The molecule has 88 valence electrons. The van der Waals surface area contributed by atoms with Gasteiger partial charge in [0.05, 0.1) is 0 Å². The molecule has 1 aromatic carbocycles. The van der Waals surface area contributed by atoms with Gasteiger partial charge in [-0.1, -0.05) is 24.3 Å². The molecule has 0 aromatic heterocycles. The van der Waals surface area contributed by atoms with Crippen LogP contribution in [-0.4, -0.2) is 37.4 Å². The van der Waals surface area contributed by atoms with Gasteiger partial charge in [0.25, 0.3) is 0 Å². The van der Waals surface area contributed by atoms with Crippen molar-refractivity contribution in [1.29, 1.82) is 0 Å². The smallest absolute Gasteiger partial charge is 1.00 e. The van der Waals surface area contributed by atoms with Crippen molar-refractivity contribution >= 4 is 6.29 Å². The Kier molecular flexibility index (Phi) is 5.46. The van der Waals surface area contributed by atoms with Gasteiger partial charge in [0.1, 0.15) is 6.29 Å². The molecule has 0 aliphatic carbocycles. The average molecular weight is 241 g/mol. The number of carbonyl (C=O) groups excluding carboxylic acids is 1. The highest BCUT2D eigenvalue weighted by Crippen LogP contribution is 2.06. The van der Waals surface area contributed by atoms with Gasteiger partial charge in [-0.2, -0.15) is 0 Å². The molecule has 0 amide bonds. The van der Waals surface area contributed by atoms with Crippen LogP contribution in [0.15, 0.2) is 24.3 Å². The van der Waals surface area contributed by atoms with E-state index in [0.29, 0.717) is 0 Å². The number of nitrogens with one attached hydrogen (secondary N) is 1. The van der Waals surface area contributed by atoms with Crippen molar-refractivity contribution < 1.29 is 18.6 Å². The van der Waals surface area contributed by atoms with Crippen molar-refractivity contribution in [3.63, 3.8) is 0 Å². The highest BCUT2D eigenvalue weighted by atomic mass is 35.5. The zero-order valence-electron chi connectivity index (χ0n) is 10.2. The molecule has 1 aliphatic heterocycles. The molecule has 0 atom stereocenters. The van der Waals surface area contributed by atoms with Crippen molar-refractivity contribution in [3.05, 3.63) is 35.4 Å². The van der Waals surface area contributed by atoms with Crippen LogP contribution in [0.1, 0.15) is 17.3 Å². The second-order valence-electron chi connectivity index (χ2n) is 3.89. The lowest BCUT2D eigenvalue weighted by molar-refractivity contribution is -0.00000954. The van der Waals surface area contributed by atoms with Crippen LogP contribution < -0.4 is 17.7 Å². The van der Waals surface area contributed by atoms with E-state index < -0.39 is 0 Å². The first-order chi connectivity index (χ1) is 7.38. The van der Waals surface area contributed by atoms with Gasteiger partial charge in [0.15, 0.2) is 0 Å². The third-order valence-electron chi connectivity index (χ3n) is 2.73. The summed E-state index contributed by atoms with van der Waals surface area (Å²) >= 11 is 0.